The molecular formula is C21H23F3N2O5. The Hall–Kier alpha value is -3.43. The molecule has 0 heterocycles. The number of aryl methyl sites for hydroxylation is 1. The maximum absolute atomic E-state index is 12.3. The van der Waals surface area contributed by atoms with Crippen LogP contribution in [-0.2, 0) is 9.53 Å². The number of benzene rings is 2. The van der Waals surface area contributed by atoms with Crippen LogP contribution in [0.5, 0.6) is 11.5 Å². The van der Waals surface area contributed by atoms with Crippen molar-refractivity contribution in [3.05, 3.63) is 59.7 Å². The van der Waals surface area contributed by atoms with Crippen molar-refractivity contribution in [3.63, 3.8) is 0 Å². The molecule has 0 aromatic heterocycles. The largest absolute Gasteiger partial charge is 0.573 e. The Labute approximate surface area is 177 Å². The number of urea groups is 1. The lowest BCUT2D eigenvalue weighted by Crippen LogP contribution is -2.40. The molecule has 0 aliphatic carbocycles. The normalized spacial score (nSPS) is 11.9. The lowest BCUT2D eigenvalue weighted by atomic mass is 10.0. The standard InChI is InChI=1S/C21H23F3N2O5/c1-14-4-3-5-17(12-14)30-11-10-25-20(28)26-18(13-19(27)29-2)15-6-8-16(9-7-15)31-21(22,23)24/h3-9,12,18H,10-11,13H2,1-2H3,(H2,25,26,28)/t18-/m0/s1. The first kappa shape index (κ1) is 23.8. The SMILES string of the molecule is COC(=O)C[C@H](NC(=O)NCCOc1cccc(C)c1)c1ccc(OC(F)(F)F)cc1. The van der Waals surface area contributed by atoms with Crippen LogP contribution >= 0.6 is 0 Å². The van der Waals surface area contributed by atoms with Gasteiger partial charge in [0.1, 0.15) is 18.1 Å². The number of hydrogen-bond acceptors (Lipinski definition) is 5. The van der Waals surface area contributed by atoms with E-state index < -0.39 is 30.2 Å². The van der Waals surface area contributed by atoms with Crippen LogP contribution in [0.15, 0.2) is 48.5 Å². The van der Waals surface area contributed by atoms with Crippen LogP contribution in [0.25, 0.3) is 0 Å². The number of ether oxygens (including phenoxy) is 3. The van der Waals surface area contributed by atoms with Crippen LogP contribution in [0, 0.1) is 6.92 Å². The van der Waals surface area contributed by atoms with Crippen LogP contribution in [0.2, 0.25) is 0 Å². The summed E-state index contributed by atoms with van der Waals surface area (Å²) in [6.45, 7) is 2.35. The van der Waals surface area contributed by atoms with Gasteiger partial charge in [0.15, 0.2) is 0 Å². The maximum Gasteiger partial charge on any atom is 0.573 e. The Bertz CT molecular complexity index is 872. The zero-order chi connectivity index (χ0) is 22.9. The van der Waals surface area contributed by atoms with Gasteiger partial charge in [-0.3, -0.25) is 4.79 Å². The van der Waals surface area contributed by atoms with E-state index in [0.717, 1.165) is 17.7 Å². The first-order valence-corrected chi connectivity index (χ1v) is 9.32. The third-order valence-corrected chi connectivity index (χ3v) is 4.07. The van der Waals surface area contributed by atoms with Gasteiger partial charge in [-0.25, -0.2) is 4.79 Å². The minimum absolute atomic E-state index is 0.197. The van der Waals surface area contributed by atoms with Gasteiger partial charge in [-0.05, 0) is 42.3 Å². The number of carbonyl (C=O) groups excluding carboxylic acids is 2. The average Bonchev–Trinajstić information content (AvgIpc) is 2.70. The Morgan fingerprint density at radius 1 is 1.06 bits per heavy atom. The van der Waals surface area contributed by atoms with Gasteiger partial charge < -0.3 is 24.8 Å². The first-order valence-electron chi connectivity index (χ1n) is 9.32. The number of carbonyl (C=O) groups is 2. The van der Waals surface area contributed by atoms with E-state index in [9.17, 15) is 22.8 Å². The summed E-state index contributed by atoms with van der Waals surface area (Å²) in [5.74, 6) is -0.332. The zero-order valence-corrected chi connectivity index (χ0v) is 17.0. The second-order valence-corrected chi connectivity index (χ2v) is 6.51. The molecular weight excluding hydrogens is 417 g/mol. The number of alkyl halides is 3. The van der Waals surface area contributed by atoms with Crippen molar-refractivity contribution in [1.29, 1.82) is 0 Å². The molecule has 0 bridgehead atoms. The summed E-state index contributed by atoms with van der Waals surface area (Å²) in [4.78, 5) is 23.9. The third-order valence-electron chi connectivity index (χ3n) is 4.07. The van der Waals surface area contributed by atoms with Crippen LogP contribution < -0.4 is 20.1 Å². The fourth-order valence-electron chi connectivity index (χ4n) is 2.65. The highest BCUT2D eigenvalue weighted by molar-refractivity contribution is 5.76. The summed E-state index contributed by atoms with van der Waals surface area (Å²) in [5.41, 5.74) is 1.45. The van der Waals surface area contributed by atoms with Gasteiger partial charge in [0.25, 0.3) is 0 Å². The Morgan fingerprint density at radius 2 is 1.77 bits per heavy atom. The summed E-state index contributed by atoms with van der Waals surface area (Å²) in [5, 5.41) is 5.21. The summed E-state index contributed by atoms with van der Waals surface area (Å²) in [7, 11) is 1.20. The van der Waals surface area contributed by atoms with Gasteiger partial charge in [0.2, 0.25) is 0 Å². The topological polar surface area (TPSA) is 85.9 Å². The predicted octanol–water partition coefficient (Wildman–Crippen LogP) is 3.88. The molecule has 10 heteroatoms. The van der Waals surface area contributed by atoms with Crippen molar-refractivity contribution in [2.24, 2.45) is 0 Å². The van der Waals surface area contributed by atoms with Crippen molar-refractivity contribution in [3.8, 4) is 11.5 Å². The second-order valence-electron chi connectivity index (χ2n) is 6.51. The molecule has 31 heavy (non-hydrogen) atoms. The summed E-state index contributed by atoms with van der Waals surface area (Å²) >= 11 is 0. The number of rotatable bonds is 9. The van der Waals surface area contributed by atoms with Crippen LogP contribution in [0.3, 0.4) is 0 Å². The molecule has 0 spiro atoms. The van der Waals surface area contributed by atoms with E-state index in [0.29, 0.717) is 11.3 Å². The summed E-state index contributed by atoms with van der Waals surface area (Å²) in [6.07, 6.45) is -5.02. The Morgan fingerprint density at radius 3 is 2.39 bits per heavy atom. The second kappa shape index (κ2) is 11.1. The van der Waals surface area contributed by atoms with Gasteiger partial charge in [-0.1, -0.05) is 24.3 Å². The monoisotopic (exact) mass is 440 g/mol. The highest BCUT2D eigenvalue weighted by Gasteiger charge is 2.31. The molecule has 0 aliphatic rings. The first-order chi connectivity index (χ1) is 14.7. The van der Waals surface area contributed by atoms with Gasteiger partial charge in [-0.2, -0.15) is 0 Å². The highest BCUT2D eigenvalue weighted by Crippen LogP contribution is 2.25. The van der Waals surface area contributed by atoms with Crippen molar-refractivity contribution >= 4 is 12.0 Å². The molecule has 0 saturated carbocycles. The molecule has 2 aromatic carbocycles. The van der Waals surface area contributed by atoms with Crippen molar-refractivity contribution in [2.75, 3.05) is 20.3 Å². The van der Waals surface area contributed by atoms with E-state index >= 15 is 0 Å². The molecule has 7 nitrogen and oxygen atoms in total. The maximum atomic E-state index is 12.3. The van der Waals surface area contributed by atoms with Gasteiger partial charge in [-0.15, -0.1) is 13.2 Å². The number of methoxy groups -OCH3 is 1. The van der Waals surface area contributed by atoms with Crippen LogP contribution in [0.4, 0.5) is 18.0 Å². The molecule has 2 rings (SSSR count). The fraction of sp³-hybridized carbons (Fsp3) is 0.333. The highest BCUT2D eigenvalue weighted by atomic mass is 19.4. The van der Waals surface area contributed by atoms with Crippen LogP contribution in [-0.4, -0.2) is 38.6 Å². The zero-order valence-electron chi connectivity index (χ0n) is 17.0. The van der Waals surface area contributed by atoms with E-state index in [-0.39, 0.29) is 19.6 Å². The van der Waals surface area contributed by atoms with Gasteiger partial charge >= 0.3 is 18.4 Å². The summed E-state index contributed by atoms with van der Waals surface area (Å²) < 4.78 is 50.9. The fourth-order valence-corrected chi connectivity index (χ4v) is 2.65. The molecule has 168 valence electrons. The van der Waals surface area contributed by atoms with Crippen molar-refractivity contribution in [1.82, 2.24) is 10.6 Å². The van der Waals surface area contributed by atoms with Crippen LogP contribution in [0.1, 0.15) is 23.6 Å². The lowest BCUT2D eigenvalue weighted by molar-refractivity contribution is -0.274. The molecule has 0 saturated heterocycles. The van der Waals surface area contributed by atoms with E-state index in [2.05, 4.69) is 20.1 Å². The van der Waals surface area contributed by atoms with E-state index in [1.54, 1.807) is 6.07 Å². The molecule has 2 N–H and O–H groups in total. The molecule has 0 radical (unpaired) electrons. The molecule has 2 aromatic rings. The van der Waals surface area contributed by atoms with Gasteiger partial charge in [0, 0.05) is 0 Å². The minimum atomic E-state index is -4.81. The number of nitrogens with one attached hydrogen (secondary N) is 2. The average molecular weight is 440 g/mol. The predicted molar refractivity (Wildman–Crippen MR) is 106 cm³/mol. The number of halogens is 3. The van der Waals surface area contributed by atoms with Crippen molar-refractivity contribution in [2.45, 2.75) is 25.7 Å². The molecule has 0 aliphatic heterocycles. The Balaban J connectivity index is 1.92. The number of hydrogen-bond donors (Lipinski definition) is 2. The van der Waals surface area contributed by atoms with Crippen molar-refractivity contribution < 1.29 is 37.0 Å². The van der Waals surface area contributed by atoms with E-state index in [1.807, 2.05) is 25.1 Å². The smallest absolute Gasteiger partial charge is 0.492 e. The molecule has 2 amide bonds. The van der Waals surface area contributed by atoms with E-state index in [1.165, 1.54) is 19.2 Å². The Kier molecular flexibility index (Phi) is 8.53. The van der Waals surface area contributed by atoms with Gasteiger partial charge in [0.05, 0.1) is 26.1 Å². The quantitative estimate of drug-likeness (QED) is 0.457. The summed E-state index contributed by atoms with van der Waals surface area (Å²) in [6, 6.07) is 10.9. The number of esters is 1. The molecule has 1 atom stereocenters. The number of amides is 2. The molecule has 0 unspecified atom stereocenters. The molecule has 0 fully saturated rings. The lowest BCUT2D eigenvalue weighted by Gasteiger charge is -2.19. The third kappa shape index (κ3) is 8.85. The van der Waals surface area contributed by atoms with E-state index in [4.69, 9.17) is 4.74 Å². The minimum Gasteiger partial charge on any atom is -0.492 e.